The van der Waals surface area contributed by atoms with E-state index < -0.39 is 0 Å². The smallest absolute Gasteiger partial charge is 0.150 e. The predicted molar refractivity (Wildman–Crippen MR) is 119 cm³/mol. The molecule has 2 unspecified atom stereocenters. The highest BCUT2D eigenvalue weighted by molar-refractivity contribution is 5.98. The molecule has 0 amide bonds. The van der Waals surface area contributed by atoms with Crippen LogP contribution in [0.3, 0.4) is 0 Å². The number of rotatable bonds is 5. The molecule has 0 heterocycles. The van der Waals surface area contributed by atoms with Gasteiger partial charge in [-0.25, -0.2) is 0 Å². The highest BCUT2D eigenvalue weighted by atomic mass is 28.2. The molecule has 0 fully saturated rings. The van der Waals surface area contributed by atoms with E-state index in [4.69, 9.17) is 4.43 Å². The molecule has 1 aromatic carbocycles. The van der Waals surface area contributed by atoms with E-state index in [1.54, 1.807) is 0 Å². The lowest BCUT2D eigenvalue weighted by molar-refractivity contribution is -0.0221. The number of hydrogen-bond donors (Lipinski definition) is 0. The van der Waals surface area contributed by atoms with Crippen molar-refractivity contribution in [1.82, 2.24) is 0 Å². The molecule has 1 aromatic rings. The molecule has 2 rings (SSSR count). The van der Waals surface area contributed by atoms with E-state index in [9.17, 15) is 4.79 Å². The van der Waals surface area contributed by atoms with Crippen LogP contribution in [0.15, 0.2) is 12.1 Å². The Morgan fingerprint density at radius 1 is 1.07 bits per heavy atom. The van der Waals surface area contributed by atoms with Crippen LogP contribution in [0.25, 0.3) is 0 Å². The molecule has 1 aliphatic rings. The summed E-state index contributed by atoms with van der Waals surface area (Å²) in [5.41, 5.74) is 4.97. The Labute approximate surface area is 170 Å². The highest BCUT2D eigenvalue weighted by Gasteiger charge is 2.41. The number of fused-ring (bicyclic) bond motifs is 1. The standard InChI is InChI=1S/C24H40O2Si/c1-16(14-24(9,26-27)21(2,3)4)18-13-20-19(12-17(18)15-25)22(5,6)10-11-23(20,7)8/h12-13,15-16H,10-11,14H2,1-9,27H3. The van der Waals surface area contributed by atoms with Crippen LogP contribution in [-0.2, 0) is 15.3 Å². The molecule has 0 aliphatic heterocycles. The molecule has 0 saturated carbocycles. The summed E-state index contributed by atoms with van der Waals surface area (Å²) in [6.07, 6.45) is 4.32. The average molecular weight is 389 g/mol. The number of carbonyl (C=O) groups is 1. The van der Waals surface area contributed by atoms with E-state index >= 15 is 0 Å². The lowest BCUT2D eigenvalue weighted by Gasteiger charge is -2.44. The van der Waals surface area contributed by atoms with Gasteiger partial charge in [0.1, 0.15) is 16.8 Å². The van der Waals surface area contributed by atoms with Crippen LogP contribution in [0.1, 0.15) is 115 Å². The lowest BCUT2D eigenvalue weighted by atomic mass is 9.62. The van der Waals surface area contributed by atoms with Gasteiger partial charge >= 0.3 is 0 Å². The first-order chi connectivity index (χ1) is 12.2. The molecule has 3 heteroatoms. The molecule has 0 spiro atoms. The van der Waals surface area contributed by atoms with Crippen LogP contribution < -0.4 is 0 Å². The van der Waals surface area contributed by atoms with E-state index in [1.165, 1.54) is 23.1 Å². The largest absolute Gasteiger partial charge is 0.422 e. The number of aldehydes is 1. The summed E-state index contributed by atoms with van der Waals surface area (Å²) in [6.45, 7) is 20.5. The molecule has 0 aromatic heterocycles. The minimum atomic E-state index is -0.191. The summed E-state index contributed by atoms with van der Waals surface area (Å²) in [4.78, 5) is 12.0. The second-order valence-electron chi connectivity index (χ2n) is 11.2. The normalized spacial score (nSPS) is 22.0. The van der Waals surface area contributed by atoms with Crippen molar-refractivity contribution in [3.05, 3.63) is 34.4 Å². The van der Waals surface area contributed by atoms with Crippen molar-refractivity contribution in [3.8, 4) is 0 Å². The monoisotopic (exact) mass is 388 g/mol. The van der Waals surface area contributed by atoms with Gasteiger partial charge in [-0.05, 0) is 71.1 Å². The molecule has 2 nitrogen and oxygen atoms in total. The Kier molecular flexibility index (Phi) is 5.92. The first-order valence-corrected chi connectivity index (χ1v) is 11.2. The third-order valence-corrected chi connectivity index (χ3v) is 8.35. The Morgan fingerprint density at radius 2 is 1.56 bits per heavy atom. The summed E-state index contributed by atoms with van der Waals surface area (Å²) in [5, 5.41) is 0. The highest BCUT2D eigenvalue weighted by Crippen LogP contribution is 2.48. The predicted octanol–water partition coefficient (Wildman–Crippen LogP) is 5.44. The Bertz CT molecular complexity index is 712. The maximum atomic E-state index is 12.0. The average Bonchev–Trinajstić information content (AvgIpc) is 2.56. The molecule has 0 radical (unpaired) electrons. The van der Waals surface area contributed by atoms with Crippen LogP contribution in [-0.4, -0.2) is 22.4 Å². The van der Waals surface area contributed by atoms with E-state index in [0.717, 1.165) is 35.2 Å². The van der Waals surface area contributed by atoms with Gasteiger partial charge in [-0.1, -0.05) is 61.5 Å². The maximum Gasteiger partial charge on any atom is 0.150 e. The Balaban J connectivity index is 2.56. The summed E-state index contributed by atoms with van der Waals surface area (Å²) < 4.78 is 6.11. The van der Waals surface area contributed by atoms with Crippen molar-refractivity contribution in [2.45, 2.75) is 104 Å². The molecular weight excluding hydrogens is 348 g/mol. The van der Waals surface area contributed by atoms with Crippen LogP contribution in [0.2, 0.25) is 0 Å². The van der Waals surface area contributed by atoms with E-state index in [1.807, 2.05) is 0 Å². The topological polar surface area (TPSA) is 26.3 Å². The zero-order valence-corrected chi connectivity index (χ0v) is 21.2. The van der Waals surface area contributed by atoms with Crippen LogP contribution in [0, 0.1) is 5.41 Å². The van der Waals surface area contributed by atoms with Gasteiger partial charge in [0.05, 0.1) is 5.60 Å². The van der Waals surface area contributed by atoms with E-state index in [2.05, 4.69) is 74.4 Å². The molecule has 152 valence electrons. The summed E-state index contributed by atoms with van der Waals surface area (Å²) in [5.74, 6) is 0.273. The summed E-state index contributed by atoms with van der Waals surface area (Å²) in [6, 6.07) is 4.53. The fourth-order valence-electron chi connectivity index (χ4n) is 4.57. The summed E-state index contributed by atoms with van der Waals surface area (Å²) >= 11 is 0. The molecular formula is C24H40O2Si. The van der Waals surface area contributed by atoms with Gasteiger partial charge in [0.15, 0.2) is 0 Å². The van der Waals surface area contributed by atoms with Gasteiger partial charge in [0, 0.05) is 5.56 Å². The minimum Gasteiger partial charge on any atom is -0.422 e. The van der Waals surface area contributed by atoms with Gasteiger partial charge < -0.3 is 4.43 Å². The van der Waals surface area contributed by atoms with Crippen LogP contribution in [0.4, 0.5) is 0 Å². The maximum absolute atomic E-state index is 12.0. The lowest BCUT2D eigenvalue weighted by Crippen LogP contribution is -2.43. The van der Waals surface area contributed by atoms with Crippen molar-refractivity contribution in [1.29, 1.82) is 0 Å². The van der Waals surface area contributed by atoms with Crippen molar-refractivity contribution in [3.63, 3.8) is 0 Å². The van der Waals surface area contributed by atoms with Crippen molar-refractivity contribution < 1.29 is 9.22 Å². The molecule has 2 atom stereocenters. The second-order valence-corrected chi connectivity index (χ2v) is 11.6. The second kappa shape index (κ2) is 7.15. The zero-order valence-electron chi connectivity index (χ0n) is 19.2. The number of benzene rings is 1. The Morgan fingerprint density at radius 3 is 1.96 bits per heavy atom. The van der Waals surface area contributed by atoms with Gasteiger partial charge in [-0.15, -0.1) is 0 Å². The van der Waals surface area contributed by atoms with Gasteiger partial charge in [-0.3, -0.25) is 4.79 Å². The van der Waals surface area contributed by atoms with Crippen molar-refractivity contribution in [2.75, 3.05) is 0 Å². The fraction of sp³-hybridized carbons (Fsp3) is 0.708. The summed E-state index contributed by atoms with van der Waals surface area (Å²) in [7, 11) is 0.717. The van der Waals surface area contributed by atoms with E-state index in [-0.39, 0.29) is 27.8 Å². The van der Waals surface area contributed by atoms with Gasteiger partial charge in [0.25, 0.3) is 0 Å². The molecule has 0 saturated heterocycles. The SMILES string of the molecule is CC(CC(C)(O[SiH3])C(C)(C)C)c1cc2c(cc1C=O)C(C)(C)CCC2(C)C. The third kappa shape index (κ3) is 4.10. The first-order valence-electron chi connectivity index (χ1n) is 10.4. The van der Waals surface area contributed by atoms with E-state index in [0.29, 0.717) is 0 Å². The minimum absolute atomic E-state index is 0.0554. The third-order valence-electron chi connectivity index (χ3n) is 7.45. The fourth-order valence-corrected chi connectivity index (χ4v) is 5.35. The van der Waals surface area contributed by atoms with Crippen LogP contribution >= 0.6 is 0 Å². The van der Waals surface area contributed by atoms with Crippen molar-refractivity contribution in [2.24, 2.45) is 5.41 Å². The first kappa shape index (κ1) is 22.4. The molecule has 0 bridgehead atoms. The number of carbonyl (C=O) groups excluding carboxylic acids is 1. The molecule has 1 aliphatic carbocycles. The molecule has 27 heavy (non-hydrogen) atoms. The van der Waals surface area contributed by atoms with Gasteiger partial charge in [-0.2, -0.15) is 0 Å². The van der Waals surface area contributed by atoms with Gasteiger partial charge in [0.2, 0.25) is 0 Å². The number of hydrogen-bond acceptors (Lipinski definition) is 2. The quantitative estimate of drug-likeness (QED) is 0.496. The molecule has 0 N–H and O–H groups in total. The Hall–Kier alpha value is -0.933. The van der Waals surface area contributed by atoms with Crippen LogP contribution in [0.5, 0.6) is 0 Å². The zero-order chi connectivity index (χ0) is 20.8. The van der Waals surface area contributed by atoms with Crippen molar-refractivity contribution >= 4 is 16.8 Å².